The van der Waals surface area contributed by atoms with E-state index in [2.05, 4.69) is 4.98 Å². The first-order chi connectivity index (χ1) is 5.25. The third-order valence-electron chi connectivity index (χ3n) is 1.40. The van der Waals surface area contributed by atoms with Crippen molar-refractivity contribution in [2.45, 2.75) is 6.04 Å². The minimum absolute atomic E-state index is 0.107. The molecule has 1 heterocycles. The van der Waals surface area contributed by atoms with Crippen molar-refractivity contribution in [2.75, 3.05) is 6.61 Å². The minimum atomic E-state index is -0.412. The van der Waals surface area contributed by atoms with Crippen molar-refractivity contribution in [3.05, 3.63) is 29.0 Å². The summed E-state index contributed by atoms with van der Waals surface area (Å²) in [6, 6.07) is 1.29. The van der Waals surface area contributed by atoms with E-state index < -0.39 is 6.04 Å². The molecule has 0 saturated heterocycles. The van der Waals surface area contributed by atoms with Gasteiger partial charge in [0.25, 0.3) is 0 Å². The highest BCUT2D eigenvalue weighted by Crippen LogP contribution is 2.18. The number of hydrogen-bond donors (Lipinski definition) is 2. The second kappa shape index (κ2) is 3.67. The Morgan fingerprint density at radius 3 is 3.00 bits per heavy atom. The van der Waals surface area contributed by atoms with Crippen LogP contribution in [0.3, 0.4) is 0 Å². The summed E-state index contributed by atoms with van der Waals surface area (Å²) in [7, 11) is 0. The summed E-state index contributed by atoms with van der Waals surface area (Å²) < 4.78 is 0. The monoisotopic (exact) mass is 172 g/mol. The fourth-order valence-corrected chi connectivity index (χ4v) is 1.04. The Hall–Kier alpha value is -0.640. The average Bonchev–Trinajstić information content (AvgIpc) is 2.04. The Kier molecular flexibility index (Phi) is 2.82. The van der Waals surface area contributed by atoms with Crippen molar-refractivity contribution in [2.24, 2.45) is 5.73 Å². The summed E-state index contributed by atoms with van der Waals surface area (Å²) in [6.07, 6.45) is 3.10. The molecule has 1 unspecified atom stereocenters. The summed E-state index contributed by atoms with van der Waals surface area (Å²) in [6.45, 7) is -0.107. The van der Waals surface area contributed by atoms with Crippen molar-refractivity contribution in [3.8, 4) is 0 Å². The number of aliphatic hydroxyl groups excluding tert-OH is 1. The fourth-order valence-electron chi connectivity index (χ4n) is 0.785. The molecule has 0 bridgehead atoms. The Bertz CT molecular complexity index is 242. The van der Waals surface area contributed by atoms with Gasteiger partial charge in [0.05, 0.1) is 17.7 Å². The van der Waals surface area contributed by atoms with Crippen LogP contribution in [0, 0.1) is 0 Å². The molecule has 0 fully saturated rings. The molecule has 1 rings (SSSR count). The van der Waals surface area contributed by atoms with Gasteiger partial charge >= 0.3 is 0 Å². The highest BCUT2D eigenvalue weighted by molar-refractivity contribution is 6.31. The van der Waals surface area contributed by atoms with Crippen LogP contribution in [-0.4, -0.2) is 16.7 Å². The molecule has 4 heteroatoms. The van der Waals surface area contributed by atoms with E-state index in [0.29, 0.717) is 5.02 Å². The van der Waals surface area contributed by atoms with Crippen LogP contribution in [0.2, 0.25) is 5.02 Å². The van der Waals surface area contributed by atoms with Crippen molar-refractivity contribution in [1.29, 1.82) is 0 Å². The minimum Gasteiger partial charge on any atom is -0.394 e. The van der Waals surface area contributed by atoms with E-state index in [1.807, 2.05) is 0 Å². The van der Waals surface area contributed by atoms with Gasteiger partial charge in [-0.2, -0.15) is 0 Å². The number of nitrogens with two attached hydrogens (primary N) is 1. The molecule has 1 aromatic rings. The lowest BCUT2D eigenvalue weighted by atomic mass is 10.1. The zero-order valence-electron chi connectivity index (χ0n) is 5.87. The molecule has 1 atom stereocenters. The molecule has 11 heavy (non-hydrogen) atoms. The van der Waals surface area contributed by atoms with Crippen LogP contribution >= 0.6 is 11.6 Å². The van der Waals surface area contributed by atoms with Crippen LogP contribution in [0.1, 0.15) is 11.6 Å². The van der Waals surface area contributed by atoms with E-state index >= 15 is 0 Å². The van der Waals surface area contributed by atoms with Gasteiger partial charge in [0.1, 0.15) is 0 Å². The largest absolute Gasteiger partial charge is 0.394 e. The molecule has 3 nitrogen and oxygen atoms in total. The van der Waals surface area contributed by atoms with Gasteiger partial charge in [-0.25, -0.2) is 0 Å². The highest BCUT2D eigenvalue weighted by atomic mass is 35.5. The van der Waals surface area contributed by atoms with Crippen molar-refractivity contribution < 1.29 is 5.11 Å². The number of nitrogens with zero attached hydrogens (tertiary/aromatic N) is 1. The zero-order chi connectivity index (χ0) is 8.27. The Morgan fingerprint density at radius 2 is 2.45 bits per heavy atom. The number of rotatable bonds is 2. The quantitative estimate of drug-likeness (QED) is 0.692. The van der Waals surface area contributed by atoms with E-state index in [1.165, 1.54) is 6.20 Å². The molecule has 0 spiro atoms. The Morgan fingerprint density at radius 1 is 1.73 bits per heavy atom. The maximum atomic E-state index is 8.71. The van der Waals surface area contributed by atoms with E-state index in [9.17, 15) is 0 Å². The summed E-state index contributed by atoms with van der Waals surface area (Å²) in [5.41, 5.74) is 6.26. The topological polar surface area (TPSA) is 59.1 Å². The number of aliphatic hydroxyl groups is 1. The molecule has 3 N–H and O–H groups in total. The van der Waals surface area contributed by atoms with Crippen molar-refractivity contribution in [1.82, 2.24) is 4.98 Å². The molecular weight excluding hydrogens is 164 g/mol. The zero-order valence-corrected chi connectivity index (χ0v) is 6.62. The van der Waals surface area contributed by atoms with Crippen LogP contribution in [0.15, 0.2) is 18.5 Å². The van der Waals surface area contributed by atoms with Crippen LogP contribution in [0.25, 0.3) is 0 Å². The fraction of sp³-hybridized carbons (Fsp3) is 0.286. The van der Waals surface area contributed by atoms with Gasteiger partial charge in [-0.05, 0) is 11.6 Å². The Labute approximate surface area is 69.8 Å². The Balaban J connectivity index is 2.93. The summed E-state index contributed by atoms with van der Waals surface area (Å²) in [4.78, 5) is 3.79. The summed E-state index contributed by atoms with van der Waals surface area (Å²) >= 11 is 5.74. The third kappa shape index (κ3) is 1.89. The number of halogens is 1. The van der Waals surface area contributed by atoms with Gasteiger partial charge in [-0.15, -0.1) is 0 Å². The molecule has 1 aromatic heterocycles. The molecular formula is C7H9ClN2O. The van der Waals surface area contributed by atoms with Gasteiger partial charge in [0.15, 0.2) is 0 Å². The van der Waals surface area contributed by atoms with E-state index in [1.54, 1.807) is 12.3 Å². The van der Waals surface area contributed by atoms with Crippen LogP contribution < -0.4 is 5.73 Å². The first-order valence-electron chi connectivity index (χ1n) is 3.21. The van der Waals surface area contributed by atoms with Gasteiger partial charge in [-0.1, -0.05) is 11.6 Å². The third-order valence-corrected chi connectivity index (χ3v) is 1.72. The molecule has 0 aromatic carbocycles. The molecule has 0 aliphatic carbocycles. The van der Waals surface area contributed by atoms with Crippen LogP contribution in [-0.2, 0) is 0 Å². The maximum absolute atomic E-state index is 8.71. The summed E-state index contributed by atoms with van der Waals surface area (Å²) in [5.74, 6) is 0. The van der Waals surface area contributed by atoms with Crippen molar-refractivity contribution in [3.63, 3.8) is 0 Å². The van der Waals surface area contributed by atoms with E-state index in [-0.39, 0.29) is 6.61 Å². The standard InChI is InChI=1S/C7H9ClN2O/c8-6-3-10-2-1-5(6)7(9)4-11/h1-3,7,11H,4,9H2. The van der Waals surface area contributed by atoms with E-state index in [4.69, 9.17) is 22.4 Å². The van der Waals surface area contributed by atoms with Crippen LogP contribution in [0.5, 0.6) is 0 Å². The normalized spacial score (nSPS) is 13.0. The molecule has 0 radical (unpaired) electrons. The predicted molar refractivity (Wildman–Crippen MR) is 43.3 cm³/mol. The molecule has 0 saturated carbocycles. The molecule has 0 aliphatic rings. The van der Waals surface area contributed by atoms with Crippen molar-refractivity contribution >= 4 is 11.6 Å². The number of aromatic nitrogens is 1. The first kappa shape index (κ1) is 8.46. The number of hydrogen-bond acceptors (Lipinski definition) is 3. The SMILES string of the molecule is NC(CO)c1ccncc1Cl. The van der Waals surface area contributed by atoms with Gasteiger partial charge in [0, 0.05) is 12.4 Å². The molecule has 0 amide bonds. The smallest absolute Gasteiger partial charge is 0.0637 e. The second-order valence-corrected chi connectivity index (χ2v) is 2.59. The van der Waals surface area contributed by atoms with E-state index in [0.717, 1.165) is 5.56 Å². The first-order valence-corrected chi connectivity index (χ1v) is 3.59. The van der Waals surface area contributed by atoms with Gasteiger partial charge in [0.2, 0.25) is 0 Å². The van der Waals surface area contributed by atoms with Crippen LogP contribution in [0.4, 0.5) is 0 Å². The van der Waals surface area contributed by atoms with Gasteiger partial charge in [-0.3, -0.25) is 4.98 Å². The lowest BCUT2D eigenvalue weighted by molar-refractivity contribution is 0.268. The highest BCUT2D eigenvalue weighted by Gasteiger charge is 2.07. The molecule has 60 valence electrons. The maximum Gasteiger partial charge on any atom is 0.0637 e. The lowest BCUT2D eigenvalue weighted by Gasteiger charge is -2.08. The van der Waals surface area contributed by atoms with Gasteiger partial charge < -0.3 is 10.8 Å². The summed E-state index contributed by atoms with van der Waals surface area (Å²) in [5, 5.41) is 9.20. The average molecular weight is 173 g/mol. The lowest BCUT2D eigenvalue weighted by Crippen LogP contribution is -2.14. The predicted octanol–water partition coefficient (Wildman–Crippen LogP) is 0.727. The molecule has 0 aliphatic heterocycles. The second-order valence-electron chi connectivity index (χ2n) is 2.19. The number of pyridine rings is 1.